The van der Waals surface area contributed by atoms with Crippen LogP contribution in [0.5, 0.6) is 5.75 Å². The van der Waals surface area contributed by atoms with Crippen LogP contribution in [0, 0.1) is 6.92 Å². The Balaban J connectivity index is 0.00000280. The third-order valence-electron chi connectivity index (χ3n) is 4.29. The number of nitrogens with one attached hydrogen (secondary N) is 3. The van der Waals surface area contributed by atoms with Crippen molar-refractivity contribution < 1.29 is 4.74 Å². The summed E-state index contributed by atoms with van der Waals surface area (Å²) in [6.45, 7) is 5.50. The highest BCUT2D eigenvalue weighted by atomic mass is 127. The quantitative estimate of drug-likeness (QED) is 0.267. The number of imidazole rings is 1. The normalized spacial score (nSPS) is 12.3. The van der Waals surface area contributed by atoms with Crippen LogP contribution < -0.4 is 15.4 Å². The second-order valence-corrected chi connectivity index (χ2v) is 6.52. The fourth-order valence-electron chi connectivity index (χ4n) is 2.83. The van der Waals surface area contributed by atoms with Gasteiger partial charge < -0.3 is 20.4 Å². The molecule has 3 N–H and O–H groups in total. The van der Waals surface area contributed by atoms with Gasteiger partial charge in [-0.25, -0.2) is 4.98 Å². The number of aromatic amines is 1. The summed E-state index contributed by atoms with van der Waals surface area (Å²) in [6, 6.07) is 16.1. The summed E-state index contributed by atoms with van der Waals surface area (Å²) < 4.78 is 5.99. The van der Waals surface area contributed by atoms with E-state index in [9.17, 15) is 0 Å². The number of fused-ring (bicyclic) bond motifs is 1. The Labute approximate surface area is 183 Å². The van der Waals surface area contributed by atoms with Crippen molar-refractivity contribution in [1.82, 2.24) is 20.6 Å². The number of benzene rings is 2. The number of nitrogens with zero attached hydrogens (tertiary/aromatic N) is 2. The fourth-order valence-corrected chi connectivity index (χ4v) is 2.83. The molecule has 6 nitrogen and oxygen atoms in total. The Hall–Kier alpha value is -2.29. The molecule has 0 saturated heterocycles. The third kappa shape index (κ3) is 6.12. The number of hydrogen-bond donors (Lipinski definition) is 3. The Morgan fingerprint density at radius 3 is 2.64 bits per heavy atom. The number of ether oxygens (including phenoxy) is 1. The Morgan fingerprint density at radius 1 is 1.14 bits per heavy atom. The molecule has 0 saturated carbocycles. The molecule has 3 aromatic rings. The van der Waals surface area contributed by atoms with Crippen molar-refractivity contribution in [2.24, 2.45) is 4.99 Å². The molecule has 150 valence electrons. The second kappa shape index (κ2) is 10.9. The molecule has 0 radical (unpaired) electrons. The molecular formula is C21H28IN5O. The highest BCUT2D eigenvalue weighted by Crippen LogP contribution is 2.17. The van der Waals surface area contributed by atoms with Gasteiger partial charge in [0.15, 0.2) is 5.96 Å². The van der Waals surface area contributed by atoms with E-state index in [1.54, 1.807) is 7.05 Å². The minimum atomic E-state index is 0. The number of aromatic nitrogens is 2. The predicted molar refractivity (Wildman–Crippen MR) is 126 cm³/mol. The molecule has 1 unspecified atom stereocenters. The molecule has 0 amide bonds. The summed E-state index contributed by atoms with van der Waals surface area (Å²) >= 11 is 0. The van der Waals surface area contributed by atoms with E-state index < -0.39 is 0 Å². The third-order valence-corrected chi connectivity index (χ3v) is 4.29. The molecule has 1 heterocycles. The van der Waals surface area contributed by atoms with E-state index in [1.807, 2.05) is 62.4 Å². The first-order chi connectivity index (χ1) is 13.2. The van der Waals surface area contributed by atoms with E-state index in [0.717, 1.165) is 47.1 Å². The lowest BCUT2D eigenvalue weighted by molar-refractivity contribution is 0.222. The molecule has 28 heavy (non-hydrogen) atoms. The summed E-state index contributed by atoms with van der Waals surface area (Å²) in [7, 11) is 1.77. The summed E-state index contributed by atoms with van der Waals surface area (Å²) in [5.41, 5.74) is 3.20. The first-order valence-electron chi connectivity index (χ1n) is 9.26. The van der Waals surface area contributed by atoms with Crippen LogP contribution >= 0.6 is 24.0 Å². The molecule has 0 spiro atoms. The van der Waals surface area contributed by atoms with Gasteiger partial charge >= 0.3 is 0 Å². The maximum absolute atomic E-state index is 5.99. The average molecular weight is 493 g/mol. The van der Waals surface area contributed by atoms with E-state index in [0.29, 0.717) is 6.54 Å². The van der Waals surface area contributed by atoms with Gasteiger partial charge in [-0.15, -0.1) is 24.0 Å². The summed E-state index contributed by atoms with van der Waals surface area (Å²) in [5, 5.41) is 6.62. The number of rotatable bonds is 7. The zero-order chi connectivity index (χ0) is 19.1. The SMILES string of the molecule is CN=C(NCCc1nc2ccccc2[nH]1)NCC(C)Oc1ccccc1C.I. The lowest BCUT2D eigenvalue weighted by Gasteiger charge is -2.18. The van der Waals surface area contributed by atoms with Gasteiger partial charge in [-0.1, -0.05) is 30.3 Å². The van der Waals surface area contributed by atoms with Gasteiger partial charge in [-0.2, -0.15) is 0 Å². The highest BCUT2D eigenvalue weighted by Gasteiger charge is 2.08. The van der Waals surface area contributed by atoms with Crippen molar-refractivity contribution in [3.8, 4) is 5.75 Å². The smallest absolute Gasteiger partial charge is 0.191 e. The van der Waals surface area contributed by atoms with Crippen molar-refractivity contribution in [3.63, 3.8) is 0 Å². The van der Waals surface area contributed by atoms with Gasteiger partial charge in [-0.05, 0) is 37.6 Å². The van der Waals surface area contributed by atoms with Crippen molar-refractivity contribution in [1.29, 1.82) is 0 Å². The Bertz CT molecular complexity index is 875. The molecule has 0 aliphatic rings. The fraction of sp³-hybridized carbons (Fsp3) is 0.333. The Kier molecular flexibility index (Phi) is 8.56. The van der Waals surface area contributed by atoms with Gasteiger partial charge in [0.2, 0.25) is 0 Å². The van der Waals surface area contributed by atoms with Gasteiger partial charge in [0.05, 0.1) is 17.6 Å². The lowest BCUT2D eigenvalue weighted by Crippen LogP contribution is -2.42. The van der Waals surface area contributed by atoms with Gasteiger partial charge in [-0.3, -0.25) is 4.99 Å². The standard InChI is InChI=1S/C21H27N5O.HI/c1-15-8-4-7-11-19(15)27-16(2)14-24-21(22-3)23-13-12-20-25-17-9-5-6-10-18(17)26-20;/h4-11,16H,12-14H2,1-3H3,(H,25,26)(H2,22,23,24);1H. The molecule has 1 aromatic heterocycles. The molecule has 1 atom stereocenters. The zero-order valence-electron chi connectivity index (χ0n) is 16.5. The molecular weight excluding hydrogens is 465 g/mol. The van der Waals surface area contributed by atoms with Crippen LogP contribution in [0.15, 0.2) is 53.5 Å². The molecule has 2 aromatic carbocycles. The van der Waals surface area contributed by atoms with Crippen LogP contribution in [0.3, 0.4) is 0 Å². The average Bonchev–Trinajstić information content (AvgIpc) is 3.09. The summed E-state index contributed by atoms with van der Waals surface area (Å²) in [4.78, 5) is 12.2. The van der Waals surface area contributed by atoms with Crippen molar-refractivity contribution >= 4 is 41.0 Å². The molecule has 3 rings (SSSR count). The monoisotopic (exact) mass is 493 g/mol. The number of para-hydroxylation sites is 3. The largest absolute Gasteiger partial charge is 0.489 e. The van der Waals surface area contributed by atoms with E-state index in [-0.39, 0.29) is 30.1 Å². The molecule has 0 fully saturated rings. The molecule has 7 heteroatoms. The number of halogens is 1. The van der Waals surface area contributed by atoms with Crippen LogP contribution in [0.1, 0.15) is 18.3 Å². The number of hydrogen-bond acceptors (Lipinski definition) is 3. The summed E-state index contributed by atoms with van der Waals surface area (Å²) in [5.74, 6) is 2.64. The Morgan fingerprint density at radius 2 is 1.89 bits per heavy atom. The minimum Gasteiger partial charge on any atom is -0.489 e. The van der Waals surface area contributed by atoms with Crippen molar-refractivity contribution in [2.75, 3.05) is 20.1 Å². The molecule has 0 aliphatic carbocycles. The van der Waals surface area contributed by atoms with Gasteiger partial charge in [0, 0.05) is 20.0 Å². The number of guanidine groups is 1. The van der Waals surface area contributed by atoms with Gasteiger partial charge in [0.1, 0.15) is 17.7 Å². The topological polar surface area (TPSA) is 74.3 Å². The van der Waals surface area contributed by atoms with Crippen molar-refractivity contribution in [2.45, 2.75) is 26.4 Å². The van der Waals surface area contributed by atoms with Crippen molar-refractivity contribution in [3.05, 3.63) is 59.9 Å². The van der Waals surface area contributed by atoms with Gasteiger partial charge in [0.25, 0.3) is 0 Å². The lowest BCUT2D eigenvalue weighted by atomic mass is 10.2. The predicted octanol–water partition coefficient (Wildman–Crippen LogP) is 3.66. The van der Waals surface area contributed by atoms with Crippen LogP contribution in [-0.2, 0) is 6.42 Å². The first-order valence-corrected chi connectivity index (χ1v) is 9.26. The van der Waals surface area contributed by atoms with Crippen LogP contribution in [0.4, 0.5) is 0 Å². The number of aliphatic imine (C=N–C) groups is 1. The zero-order valence-corrected chi connectivity index (χ0v) is 18.9. The van der Waals surface area contributed by atoms with E-state index >= 15 is 0 Å². The number of H-pyrrole nitrogens is 1. The minimum absolute atomic E-state index is 0. The van der Waals surface area contributed by atoms with E-state index in [4.69, 9.17) is 4.74 Å². The van der Waals surface area contributed by atoms with Crippen LogP contribution in [-0.4, -0.2) is 42.2 Å². The first kappa shape index (κ1) is 22.0. The van der Waals surface area contributed by atoms with E-state index in [2.05, 4.69) is 25.6 Å². The highest BCUT2D eigenvalue weighted by molar-refractivity contribution is 14.0. The molecule has 0 bridgehead atoms. The van der Waals surface area contributed by atoms with E-state index in [1.165, 1.54) is 0 Å². The number of aryl methyl sites for hydroxylation is 1. The van der Waals surface area contributed by atoms with Crippen LogP contribution in [0.25, 0.3) is 11.0 Å². The maximum atomic E-state index is 5.99. The molecule has 0 aliphatic heterocycles. The maximum Gasteiger partial charge on any atom is 0.191 e. The van der Waals surface area contributed by atoms with Crippen LogP contribution in [0.2, 0.25) is 0 Å². The second-order valence-electron chi connectivity index (χ2n) is 6.52. The summed E-state index contributed by atoms with van der Waals surface area (Å²) in [6.07, 6.45) is 0.824.